The molecule has 4 aromatic heterocycles. The minimum Gasteiger partial charge on any atom is -0.482 e. The van der Waals surface area contributed by atoms with E-state index in [1.165, 1.54) is 20.5 Å². The molecular formula is C24H22IN9O4S. The predicted octanol–water partition coefficient (Wildman–Crippen LogP) is 2.41. The summed E-state index contributed by atoms with van der Waals surface area (Å²) in [7, 11) is 1.66. The van der Waals surface area contributed by atoms with E-state index in [4.69, 9.17) is 9.15 Å². The van der Waals surface area contributed by atoms with E-state index in [0.29, 0.717) is 37.4 Å². The summed E-state index contributed by atoms with van der Waals surface area (Å²) in [6.45, 7) is 3.46. The lowest BCUT2D eigenvalue weighted by Gasteiger charge is -2.30. The number of hydrogen-bond acceptors (Lipinski definition) is 11. The average molecular weight is 659 g/mol. The number of nitrogens with zero attached hydrogens (tertiary/aromatic N) is 7. The lowest BCUT2D eigenvalue weighted by atomic mass is 10.2. The number of aromatic nitrogens is 6. The number of aryl methyl sites for hydroxylation is 1. The zero-order chi connectivity index (χ0) is 26.9. The van der Waals surface area contributed by atoms with Crippen molar-refractivity contribution in [3.8, 4) is 10.9 Å². The van der Waals surface area contributed by atoms with Crippen LogP contribution in [-0.2, 0) is 13.7 Å². The quantitative estimate of drug-likeness (QED) is 0.250. The number of halogens is 1. The molecule has 0 atom stereocenters. The van der Waals surface area contributed by atoms with Gasteiger partial charge >= 0.3 is 5.69 Å². The van der Waals surface area contributed by atoms with E-state index in [0.717, 1.165) is 31.9 Å². The first-order valence-corrected chi connectivity index (χ1v) is 13.9. The topological polar surface area (TPSA) is 145 Å². The number of nitrogens with one attached hydrogen (secondary N) is 2. The summed E-state index contributed by atoms with van der Waals surface area (Å²) < 4.78 is 14.6. The van der Waals surface area contributed by atoms with Crippen molar-refractivity contribution >= 4 is 62.2 Å². The highest BCUT2D eigenvalue weighted by Gasteiger charge is 2.22. The fourth-order valence-corrected chi connectivity index (χ4v) is 5.60. The van der Waals surface area contributed by atoms with E-state index >= 15 is 0 Å². The monoisotopic (exact) mass is 659 g/mol. The van der Waals surface area contributed by atoms with Crippen LogP contribution in [0.4, 0.5) is 11.4 Å². The van der Waals surface area contributed by atoms with Crippen molar-refractivity contribution in [2.24, 2.45) is 7.05 Å². The van der Waals surface area contributed by atoms with Crippen LogP contribution in [0.2, 0.25) is 0 Å². The van der Waals surface area contributed by atoms with Gasteiger partial charge in [-0.2, -0.15) is 0 Å². The molecule has 1 aliphatic rings. The number of pyridine rings is 1. The van der Waals surface area contributed by atoms with Gasteiger partial charge < -0.3 is 24.7 Å². The van der Waals surface area contributed by atoms with Gasteiger partial charge in [0.1, 0.15) is 17.0 Å². The Balaban J connectivity index is 1.27. The van der Waals surface area contributed by atoms with Gasteiger partial charge in [-0.05, 0) is 18.2 Å². The van der Waals surface area contributed by atoms with Gasteiger partial charge in [0.2, 0.25) is 0 Å². The van der Waals surface area contributed by atoms with Crippen LogP contribution < -0.4 is 26.0 Å². The fourth-order valence-electron chi connectivity index (χ4n) is 4.43. The lowest BCUT2D eigenvalue weighted by Crippen LogP contribution is -2.43. The molecular weight excluding hydrogens is 637 g/mol. The van der Waals surface area contributed by atoms with Crippen LogP contribution in [-0.4, -0.2) is 61.4 Å². The van der Waals surface area contributed by atoms with Crippen LogP contribution >= 0.6 is 33.9 Å². The van der Waals surface area contributed by atoms with E-state index in [-0.39, 0.29) is 23.9 Å². The van der Waals surface area contributed by atoms with E-state index in [1.54, 1.807) is 43.0 Å². The molecule has 0 aliphatic carbocycles. The van der Waals surface area contributed by atoms with Crippen molar-refractivity contribution in [1.82, 2.24) is 34.6 Å². The van der Waals surface area contributed by atoms with Crippen molar-refractivity contribution in [3.63, 3.8) is 0 Å². The number of hydrogen-bond donors (Lipinski definition) is 2. The summed E-state index contributed by atoms with van der Waals surface area (Å²) in [5.41, 5.74) is 2.57. The molecule has 0 unspecified atom stereocenters. The van der Waals surface area contributed by atoms with Crippen LogP contribution in [0.1, 0.15) is 16.4 Å². The Bertz CT molecular complexity index is 1720. The molecule has 0 saturated carbocycles. The van der Waals surface area contributed by atoms with Crippen LogP contribution in [0.25, 0.3) is 16.2 Å². The summed E-state index contributed by atoms with van der Waals surface area (Å²) in [6, 6.07) is 7.24. The molecule has 1 fully saturated rings. The van der Waals surface area contributed by atoms with Crippen molar-refractivity contribution in [2.75, 3.05) is 36.4 Å². The van der Waals surface area contributed by atoms with Crippen LogP contribution in [0.3, 0.4) is 0 Å². The number of anilines is 2. The molecule has 1 aromatic carbocycles. The van der Waals surface area contributed by atoms with E-state index in [9.17, 15) is 9.59 Å². The van der Waals surface area contributed by atoms with E-state index in [1.807, 2.05) is 28.7 Å². The molecule has 15 heteroatoms. The number of fused-ring (bicyclic) bond motifs is 1. The molecule has 6 rings (SSSR count). The second-order valence-corrected chi connectivity index (χ2v) is 10.4. The summed E-state index contributed by atoms with van der Waals surface area (Å²) in [4.78, 5) is 37.3. The van der Waals surface area contributed by atoms with Gasteiger partial charge in [-0.15, -0.1) is 21.5 Å². The third-order valence-electron chi connectivity index (χ3n) is 6.25. The third-order valence-corrected chi connectivity index (χ3v) is 7.51. The number of benzene rings is 1. The van der Waals surface area contributed by atoms with Crippen molar-refractivity contribution in [2.45, 2.75) is 6.61 Å². The van der Waals surface area contributed by atoms with Gasteiger partial charge in [0.15, 0.2) is 11.7 Å². The molecule has 0 radical (unpaired) electrons. The molecule has 2 N–H and O–H groups in total. The number of rotatable bonds is 7. The normalized spacial score (nSPS) is 13.6. The summed E-state index contributed by atoms with van der Waals surface area (Å²) >= 11 is 3.13. The second kappa shape index (κ2) is 10.7. The maximum atomic E-state index is 13.3. The summed E-state index contributed by atoms with van der Waals surface area (Å²) in [5.74, 6) is 0.420. The molecule has 0 bridgehead atoms. The van der Waals surface area contributed by atoms with Crippen LogP contribution in [0.15, 0.2) is 51.3 Å². The molecule has 13 nitrogen and oxygen atoms in total. The largest absolute Gasteiger partial charge is 0.482 e. The Morgan fingerprint density at radius 2 is 2.10 bits per heavy atom. The minimum atomic E-state index is -0.381. The second-order valence-electron chi connectivity index (χ2n) is 8.64. The molecule has 5 aromatic rings. The lowest BCUT2D eigenvalue weighted by molar-refractivity contribution is 0.102. The molecule has 1 amide bonds. The van der Waals surface area contributed by atoms with E-state index in [2.05, 4.69) is 35.7 Å². The standard InChI is InChI=1S/C24H22IN9O4S/c1-32-20-17(3-2-4-18(20)37-12-19-30-31-22(25)38-19)34(24(32)36)23-29-15(13-39-23)21(35)28-14-11-27-6-5-16(14)33-9-7-26-8-10-33/h2-6,11,13,26H,7-10,12H2,1H3,(H,28,35). The highest BCUT2D eigenvalue weighted by Crippen LogP contribution is 2.29. The first-order valence-electron chi connectivity index (χ1n) is 12.0. The summed E-state index contributed by atoms with van der Waals surface area (Å²) in [6.07, 6.45) is 3.34. The van der Waals surface area contributed by atoms with Gasteiger partial charge in [-0.3, -0.25) is 14.3 Å². The minimum absolute atomic E-state index is 0.0559. The molecule has 200 valence electrons. The van der Waals surface area contributed by atoms with E-state index < -0.39 is 0 Å². The van der Waals surface area contributed by atoms with Gasteiger partial charge in [0, 0.05) is 67.4 Å². The van der Waals surface area contributed by atoms with Crippen LogP contribution in [0.5, 0.6) is 5.75 Å². The maximum Gasteiger partial charge on any atom is 0.335 e. The SMILES string of the molecule is Cn1c(=O)n(-c2nc(C(=O)Nc3cnccc3N3CCNCC3)cs2)c2cccc(OCc3nnc(I)o3)c21. The fraction of sp³-hybridized carbons (Fsp3) is 0.250. The van der Waals surface area contributed by atoms with Crippen molar-refractivity contribution < 1.29 is 13.9 Å². The molecule has 0 spiro atoms. The molecule has 39 heavy (non-hydrogen) atoms. The number of carbonyl (C=O) groups excluding carboxylic acids is 1. The number of carbonyl (C=O) groups is 1. The Hall–Kier alpha value is -3.83. The zero-order valence-electron chi connectivity index (χ0n) is 20.6. The van der Waals surface area contributed by atoms with Crippen molar-refractivity contribution in [1.29, 1.82) is 0 Å². The Labute approximate surface area is 239 Å². The highest BCUT2D eigenvalue weighted by molar-refractivity contribution is 14.1. The highest BCUT2D eigenvalue weighted by atomic mass is 127. The average Bonchev–Trinajstić information content (AvgIpc) is 3.67. The number of thiazole rings is 1. The number of imidazole rings is 1. The Morgan fingerprint density at radius 1 is 1.26 bits per heavy atom. The predicted molar refractivity (Wildman–Crippen MR) is 153 cm³/mol. The molecule has 1 aliphatic heterocycles. The van der Waals surface area contributed by atoms with Crippen LogP contribution in [0, 0.1) is 3.90 Å². The van der Waals surface area contributed by atoms with Gasteiger partial charge in [-0.1, -0.05) is 6.07 Å². The molecule has 1 saturated heterocycles. The number of piperazine rings is 1. The number of para-hydroxylation sites is 1. The third kappa shape index (κ3) is 4.99. The zero-order valence-corrected chi connectivity index (χ0v) is 23.6. The maximum absolute atomic E-state index is 13.3. The summed E-state index contributed by atoms with van der Waals surface area (Å²) in [5, 5.41) is 16.0. The van der Waals surface area contributed by atoms with Crippen molar-refractivity contribution in [3.05, 3.63) is 68.0 Å². The molecule has 5 heterocycles. The first-order chi connectivity index (χ1) is 19.0. The van der Waals surface area contributed by atoms with Gasteiger partial charge in [-0.25, -0.2) is 14.3 Å². The Morgan fingerprint density at radius 3 is 2.90 bits per heavy atom. The smallest absolute Gasteiger partial charge is 0.335 e. The van der Waals surface area contributed by atoms with Gasteiger partial charge in [0.25, 0.3) is 15.7 Å². The first kappa shape index (κ1) is 25.4. The van der Waals surface area contributed by atoms with Gasteiger partial charge in [0.05, 0.1) is 23.1 Å². The number of ether oxygens (including phenoxy) is 1. The Kier molecular flexibility index (Phi) is 7.01. The number of amides is 1.